The minimum Gasteiger partial charge on any atom is -0.486 e. The van der Waals surface area contributed by atoms with Crippen LogP contribution in [0.4, 0.5) is 4.79 Å². The van der Waals surface area contributed by atoms with E-state index in [-0.39, 0.29) is 19.1 Å². The quantitative estimate of drug-likeness (QED) is 0.854. The lowest BCUT2D eigenvalue weighted by molar-refractivity contribution is -0.141. The number of carboxylic acid groups (broad SMARTS) is 1. The van der Waals surface area contributed by atoms with Crippen molar-refractivity contribution in [1.29, 1.82) is 0 Å². The highest BCUT2D eigenvalue weighted by Crippen LogP contribution is 2.38. The molecule has 1 unspecified atom stereocenters. The maximum atomic E-state index is 12.0. The second-order valence-electron chi connectivity index (χ2n) is 5.38. The van der Waals surface area contributed by atoms with Crippen molar-refractivity contribution >= 4 is 23.6 Å². The number of carbonyl (C=O) groups is 2. The number of ether oxygens (including phenoxy) is 2. The lowest BCUT2D eigenvalue weighted by Gasteiger charge is -2.22. The van der Waals surface area contributed by atoms with Crippen molar-refractivity contribution in [3.8, 4) is 11.5 Å². The summed E-state index contributed by atoms with van der Waals surface area (Å²) in [6.07, 6.45) is 0. The van der Waals surface area contributed by atoms with Crippen LogP contribution < -0.4 is 14.8 Å². The molecular formula is C15H19ClN2O5. The summed E-state index contributed by atoms with van der Waals surface area (Å²) in [4.78, 5) is 24.1. The number of amides is 2. The number of carboxylic acids is 1. The molecule has 0 radical (unpaired) electrons. The third-order valence-corrected chi connectivity index (χ3v) is 3.70. The fourth-order valence-electron chi connectivity index (χ4n) is 2.15. The van der Waals surface area contributed by atoms with Gasteiger partial charge in [-0.2, -0.15) is 0 Å². The van der Waals surface area contributed by atoms with Gasteiger partial charge in [0.25, 0.3) is 0 Å². The minimum absolute atomic E-state index is 0.128. The zero-order valence-corrected chi connectivity index (χ0v) is 13.7. The number of hydrogen-bond acceptors (Lipinski definition) is 4. The summed E-state index contributed by atoms with van der Waals surface area (Å²) in [7, 11) is 1.55. The molecule has 1 aliphatic rings. The summed E-state index contributed by atoms with van der Waals surface area (Å²) >= 11 is 6.14. The van der Waals surface area contributed by atoms with Crippen LogP contribution in [-0.4, -0.2) is 48.8 Å². The summed E-state index contributed by atoms with van der Waals surface area (Å²) < 4.78 is 10.9. The molecule has 2 N–H and O–H groups in total. The van der Waals surface area contributed by atoms with Gasteiger partial charge in [-0.3, -0.25) is 4.79 Å². The lowest BCUT2D eigenvalue weighted by Crippen LogP contribution is -2.40. The third kappa shape index (κ3) is 4.41. The molecule has 7 nitrogen and oxygen atoms in total. The molecule has 0 aromatic heterocycles. The zero-order chi connectivity index (χ0) is 17.0. The number of hydrogen-bond donors (Lipinski definition) is 2. The van der Waals surface area contributed by atoms with E-state index in [9.17, 15) is 9.59 Å². The van der Waals surface area contributed by atoms with E-state index in [0.29, 0.717) is 29.7 Å². The van der Waals surface area contributed by atoms with Gasteiger partial charge in [-0.25, -0.2) is 4.79 Å². The highest BCUT2D eigenvalue weighted by molar-refractivity contribution is 6.32. The molecular weight excluding hydrogens is 324 g/mol. The number of fused-ring (bicyclic) bond motifs is 1. The van der Waals surface area contributed by atoms with Gasteiger partial charge in [0.05, 0.1) is 10.9 Å². The molecule has 0 spiro atoms. The predicted molar refractivity (Wildman–Crippen MR) is 84.1 cm³/mol. The van der Waals surface area contributed by atoms with Crippen LogP contribution in [0, 0.1) is 5.92 Å². The smallest absolute Gasteiger partial charge is 0.317 e. The fraction of sp³-hybridized carbons (Fsp3) is 0.467. The largest absolute Gasteiger partial charge is 0.486 e. The van der Waals surface area contributed by atoms with Gasteiger partial charge in [0.2, 0.25) is 0 Å². The van der Waals surface area contributed by atoms with E-state index in [1.165, 1.54) is 4.90 Å². The monoisotopic (exact) mass is 342 g/mol. The molecule has 0 fully saturated rings. The molecule has 126 valence electrons. The molecule has 0 saturated carbocycles. The Labute approximate surface area is 139 Å². The normalized spacial score (nSPS) is 14.0. The van der Waals surface area contributed by atoms with Crippen molar-refractivity contribution in [1.82, 2.24) is 10.2 Å². The van der Waals surface area contributed by atoms with Crippen LogP contribution >= 0.6 is 11.6 Å². The van der Waals surface area contributed by atoms with Crippen molar-refractivity contribution in [2.75, 3.05) is 26.8 Å². The second-order valence-corrected chi connectivity index (χ2v) is 5.79. The average molecular weight is 343 g/mol. The molecule has 1 atom stereocenters. The molecule has 23 heavy (non-hydrogen) atoms. The molecule has 0 aliphatic carbocycles. The van der Waals surface area contributed by atoms with Crippen LogP contribution in [0.5, 0.6) is 11.5 Å². The Kier molecular flexibility index (Phi) is 5.54. The summed E-state index contributed by atoms with van der Waals surface area (Å²) in [5.74, 6) is -0.501. The standard InChI is InChI=1S/C15H19ClN2O5/c1-9(14(19)20)8-18(2)15(21)17-7-10-5-11(16)13-12(6-10)22-3-4-23-13/h5-6,9H,3-4,7-8H2,1-2H3,(H,17,21)(H,19,20). The Bertz CT molecular complexity index is 608. The first-order valence-electron chi connectivity index (χ1n) is 7.18. The molecule has 2 rings (SSSR count). The maximum Gasteiger partial charge on any atom is 0.317 e. The van der Waals surface area contributed by atoms with Gasteiger partial charge in [0.15, 0.2) is 11.5 Å². The van der Waals surface area contributed by atoms with E-state index in [2.05, 4.69) is 5.32 Å². The summed E-state index contributed by atoms with van der Waals surface area (Å²) in [6.45, 7) is 2.83. The lowest BCUT2D eigenvalue weighted by atomic mass is 10.2. The maximum absolute atomic E-state index is 12.0. The summed E-state index contributed by atoms with van der Waals surface area (Å²) in [5, 5.41) is 12.0. The van der Waals surface area contributed by atoms with Crippen molar-refractivity contribution in [3.63, 3.8) is 0 Å². The Balaban J connectivity index is 1.94. The van der Waals surface area contributed by atoms with Gasteiger partial charge in [-0.05, 0) is 17.7 Å². The van der Waals surface area contributed by atoms with Gasteiger partial charge in [-0.1, -0.05) is 18.5 Å². The van der Waals surface area contributed by atoms with E-state index in [1.54, 1.807) is 26.1 Å². The number of halogens is 1. The number of urea groups is 1. The van der Waals surface area contributed by atoms with Crippen LogP contribution in [0.3, 0.4) is 0 Å². The van der Waals surface area contributed by atoms with E-state index >= 15 is 0 Å². The Morgan fingerprint density at radius 3 is 2.78 bits per heavy atom. The zero-order valence-electron chi connectivity index (χ0n) is 13.0. The molecule has 1 aliphatic heterocycles. The second kappa shape index (κ2) is 7.41. The predicted octanol–water partition coefficient (Wildman–Crippen LogP) is 1.97. The summed E-state index contributed by atoms with van der Waals surface area (Å²) in [6, 6.07) is 3.11. The van der Waals surface area contributed by atoms with Gasteiger partial charge in [-0.15, -0.1) is 0 Å². The van der Waals surface area contributed by atoms with Crippen LogP contribution in [0.1, 0.15) is 12.5 Å². The first-order chi connectivity index (χ1) is 10.9. The number of carbonyl (C=O) groups excluding carboxylic acids is 1. The first-order valence-corrected chi connectivity index (χ1v) is 7.56. The molecule has 1 aromatic carbocycles. The van der Waals surface area contributed by atoms with Gasteiger partial charge >= 0.3 is 12.0 Å². The Morgan fingerprint density at radius 1 is 1.39 bits per heavy atom. The van der Waals surface area contributed by atoms with Crippen LogP contribution in [0.2, 0.25) is 5.02 Å². The number of aliphatic carboxylic acids is 1. The van der Waals surface area contributed by atoms with Crippen LogP contribution in [0.15, 0.2) is 12.1 Å². The summed E-state index contributed by atoms with van der Waals surface area (Å²) in [5.41, 5.74) is 0.771. The fourth-order valence-corrected chi connectivity index (χ4v) is 2.44. The highest BCUT2D eigenvalue weighted by atomic mass is 35.5. The number of nitrogens with zero attached hydrogens (tertiary/aromatic N) is 1. The van der Waals surface area contributed by atoms with Crippen molar-refractivity contribution in [3.05, 3.63) is 22.7 Å². The average Bonchev–Trinajstić information content (AvgIpc) is 2.52. The number of rotatable bonds is 5. The number of benzene rings is 1. The SMILES string of the molecule is CC(CN(C)C(=O)NCc1cc(Cl)c2c(c1)OCCO2)C(=O)O. The number of nitrogens with one attached hydrogen (secondary N) is 1. The van der Waals surface area contributed by atoms with Crippen LogP contribution in [-0.2, 0) is 11.3 Å². The van der Waals surface area contributed by atoms with Crippen molar-refractivity contribution in [2.45, 2.75) is 13.5 Å². The van der Waals surface area contributed by atoms with Gasteiger partial charge < -0.3 is 24.8 Å². The van der Waals surface area contributed by atoms with Crippen LogP contribution in [0.25, 0.3) is 0 Å². The minimum atomic E-state index is -0.941. The molecule has 1 heterocycles. The van der Waals surface area contributed by atoms with E-state index < -0.39 is 11.9 Å². The molecule has 0 bridgehead atoms. The Hall–Kier alpha value is -2.15. The third-order valence-electron chi connectivity index (χ3n) is 3.42. The molecule has 1 aromatic rings. The van der Waals surface area contributed by atoms with E-state index in [4.69, 9.17) is 26.2 Å². The molecule has 0 saturated heterocycles. The molecule has 8 heteroatoms. The van der Waals surface area contributed by atoms with E-state index in [0.717, 1.165) is 5.56 Å². The van der Waals surface area contributed by atoms with Gasteiger partial charge in [0.1, 0.15) is 13.2 Å². The van der Waals surface area contributed by atoms with E-state index in [1.807, 2.05) is 0 Å². The first kappa shape index (κ1) is 17.2. The topological polar surface area (TPSA) is 88.1 Å². The molecule has 2 amide bonds. The van der Waals surface area contributed by atoms with Crippen molar-refractivity contribution < 1.29 is 24.2 Å². The highest BCUT2D eigenvalue weighted by Gasteiger charge is 2.19. The van der Waals surface area contributed by atoms with Crippen molar-refractivity contribution in [2.24, 2.45) is 5.92 Å². The Morgan fingerprint density at radius 2 is 2.09 bits per heavy atom. The van der Waals surface area contributed by atoms with Gasteiger partial charge in [0, 0.05) is 20.1 Å².